The number of methoxy groups -OCH3 is 1. The average Bonchev–Trinajstić information content (AvgIpc) is 2.38. The number of nitrogens with two attached hydrogens (primary N) is 1. The smallest absolute Gasteiger partial charge is 0.119 e. The van der Waals surface area contributed by atoms with Gasteiger partial charge in [-0.3, -0.25) is 10.4 Å². The van der Waals surface area contributed by atoms with Crippen molar-refractivity contribution in [3.8, 4) is 5.75 Å². The number of ether oxygens (including phenoxy) is 1. The standard InChI is InChI=1S/C13H16N4O/c1-18-9-4-2-3-8(5-9)10-6-17-7-11(14)12(10)13(15)16/h2-5,7,10,12,14H,6H2,1H3,(H3,15,16). The Balaban J connectivity index is 2.38. The van der Waals surface area contributed by atoms with Crippen LogP contribution in [-0.4, -0.2) is 31.4 Å². The maximum absolute atomic E-state index is 7.85. The molecule has 0 aliphatic carbocycles. The number of aliphatic imine (C=N–C) groups is 1. The van der Waals surface area contributed by atoms with Gasteiger partial charge < -0.3 is 15.9 Å². The van der Waals surface area contributed by atoms with Crippen LogP contribution < -0.4 is 10.5 Å². The Morgan fingerprint density at radius 3 is 2.94 bits per heavy atom. The van der Waals surface area contributed by atoms with E-state index < -0.39 is 5.92 Å². The monoisotopic (exact) mass is 244 g/mol. The van der Waals surface area contributed by atoms with Gasteiger partial charge in [0, 0.05) is 18.7 Å². The van der Waals surface area contributed by atoms with Gasteiger partial charge in [-0.25, -0.2) is 0 Å². The normalized spacial score (nSPS) is 22.8. The van der Waals surface area contributed by atoms with Gasteiger partial charge in [-0.2, -0.15) is 0 Å². The van der Waals surface area contributed by atoms with Crippen LogP contribution in [-0.2, 0) is 0 Å². The van der Waals surface area contributed by atoms with Crippen LogP contribution in [0, 0.1) is 16.7 Å². The first-order chi connectivity index (χ1) is 8.63. The number of nitrogens with one attached hydrogen (secondary N) is 2. The second-order valence-corrected chi connectivity index (χ2v) is 4.27. The minimum absolute atomic E-state index is 0.0129. The fourth-order valence-corrected chi connectivity index (χ4v) is 2.22. The maximum atomic E-state index is 7.85. The highest BCUT2D eigenvalue weighted by Gasteiger charge is 2.31. The summed E-state index contributed by atoms with van der Waals surface area (Å²) in [5.41, 5.74) is 6.89. The van der Waals surface area contributed by atoms with Crippen molar-refractivity contribution in [1.82, 2.24) is 0 Å². The van der Waals surface area contributed by atoms with E-state index in [-0.39, 0.29) is 11.8 Å². The Kier molecular flexibility index (Phi) is 3.41. The summed E-state index contributed by atoms with van der Waals surface area (Å²) in [6, 6.07) is 7.63. The molecule has 0 saturated heterocycles. The molecule has 5 nitrogen and oxygen atoms in total. The number of hydrogen-bond donors (Lipinski definition) is 3. The molecular formula is C13H16N4O. The molecule has 2 atom stereocenters. The van der Waals surface area contributed by atoms with E-state index >= 15 is 0 Å². The molecule has 2 rings (SSSR count). The molecule has 1 aliphatic rings. The molecule has 1 aromatic carbocycles. The van der Waals surface area contributed by atoms with Crippen LogP contribution in [0.4, 0.5) is 0 Å². The molecule has 1 aliphatic heterocycles. The van der Waals surface area contributed by atoms with Crippen molar-refractivity contribution in [3.05, 3.63) is 29.8 Å². The van der Waals surface area contributed by atoms with Crippen molar-refractivity contribution in [2.24, 2.45) is 16.6 Å². The molecule has 0 amide bonds. The number of amidine groups is 1. The first-order valence-electron chi connectivity index (χ1n) is 5.69. The number of hydrogen-bond acceptors (Lipinski definition) is 4. The van der Waals surface area contributed by atoms with Gasteiger partial charge in [0.1, 0.15) is 11.6 Å². The lowest BCUT2D eigenvalue weighted by atomic mass is 9.80. The van der Waals surface area contributed by atoms with Gasteiger partial charge in [-0.1, -0.05) is 12.1 Å². The second kappa shape index (κ2) is 5.00. The van der Waals surface area contributed by atoms with Crippen molar-refractivity contribution in [1.29, 1.82) is 10.8 Å². The zero-order chi connectivity index (χ0) is 13.1. The van der Waals surface area contributed by atoms with Crippen molar-refractivity contribution < 1.29 is 4.74 Å². The zero-order valence-electron chi connectivity index (χ0n) is 10.2. The highest BCUT2D eigenvalue weighted by atomic mass is 16.5. The van der Waals surface area contributed by atoms with E-state index in [2.05, 4.69) is 4.99 Å². The van der Waals surface area contributed by atoms with Crippen LogP contribution in [0.5, 0.6) is 5.75 Å². The maximum Gasteiger partial charge on any atom is 0.119 e. The van der Waals surface area contributed by atoms with Crippen molar-refractivity contribution in [3.63, 3.8) is 0 Å². The molecule has 0 saturated carbocycles. The van der Waals surface area contributed by atoms with Gasteiger partial charge in [0.05, 0.1) is 18.7 Å². The minimum Gasteiger partial charge on any atom is -0.497 e. The molecule has 0 bridgehead atoms. The molecule has 5 heteroatoms. The molecule has 94 valence electrons. The average molecular weight is 244 g/mol. The van der Waals surface area contributed by atoms with Gasteiger partial charge in [0.15, 0.2) is 0 Å². The predicted molar refractivity (Wildman–Crippen MR) is 72.2 cm³/mol. The number of nitrogens with zero attached hydrogens (tertiary/aromatic N) is 1. The summed E-state index contributed by atoms with van der Waals surface area (Å²) in [5, 5.41) is 15.5. The molecule has 1 aromatic rings. The third-order valence-corrected chi connectivity index (χ3v) is 3.13. The minimum atomic E-state index is -0.394. The van der Waals surface area contributed by atoms with Crippen molar-refractivity contribution in [2.45, 2.75) is 5.92 Å². The van der Waals surface area contributed by atoms with E-state index in [1.807, 2.05) is 24.3 Å². The molecule has 0 aromatic heterocycles. The Morgan fingerprint density at radius 1 is 1.50 bits per heavy atom. The van der Waals surface area contributed by atoms with Crippen LogP contribution in [0.15, 0.2) is 29.3 Å². The number of rotatable bonds is 3. The fraction of sp³-hybridized carbons (Fsp3) is 0.308. The topological polar surface area (TPSA) is 95.3 Å². The summed E-state index contributed by atoms with van der Waals surface area (Å²) in [6.07, 6.45) is 1.49. The summed E-state index contributed by atoms with van der Waals surface area (Å²) in [7, 11) is 1.61. The third kappa shape index (κ3) is 2.25. The SMILES string of the molecule is COc1cccc(C2CN=CC(=N)C2C(=N)N)c1. The Bertz CT molecular complexity index is 509. The molecule has 18 heavy (non-hydrogen) atoms. The summed E-state index contributed by atoms with van der Waals surface area (Å²) < 4.78 is 5.19. The summed E-state index contributed by atoms with van der Waals surface area (Å²) >= 11 is 0. The molecule has 2 unspecified atom stereocenters. The van der Waals surface area contributed by atoms with Crippen LogP contribution in [0.3, 0.4) is 0 Å². The quantitative estimate of drug-likeness (QED) is 0.554. The fourth-order valence-electron chi connectivity index (χ4n) is 2.22. The van der Waals surface area contributed by atoms with Crippen LogP contribution in [0.25, 0.3) is 0 Å². The lowest BCUT2D eigenvalue weighted by Gasteiger charge is -2.27. The van der Waals surface area contributed by atoms with E-state index in [0.29, 0.717) is 12.3 Å². The first-order valence-corrected chi connectivity index (χ1v) is 5.69. The van der Waals surface area contributed by atoms with Crippen molar-refractivity contribution >= 4 is 17.8 Å². The van der Waals surface area contributed by atoms with E-state index in [1.165, 1.54) is 6.21 Å². The summed E-state index contributed by atoms with van der Waals surface area (Å²) in [5.74, 6) is 0.319. The largest absolute Gasteiger partial charge is 0.497 e. The Morgan fingerprint density at radius 2 is 2.28 bits per heavy atom. The van der Waals surface area contributed by atoms with Gasteiger partial charge in [0.2, 0.25) is 0 Å². The van der Waals surface area contributed by atoms with Crippen molar-refractivity contribution in [2.75, 3.05) is 13.7 Å². The molecular weight excluding hydrogens is 228 g/mol. The number of benzene rings is 1. The molecule has 0 fully saturated rings. The van der Waals surface area contributed by atoms with Crippen LogP contribution >= 0.6 is 0 Å². The van der Waals surface area contributed by atoms with Gasteiger partial charge >= 0.3 is 0 Å². The van der Waals surface area contributed by atoms with E-state index in [4.69, 9.17) is 21.3 Å². The first kappa shape index (κ1) is 12.3. The summed E-state index contributed by atoms with van der Waals surface area (Å²) in [4.78, 5) is 4.16. The molecule has 4 N–H and O–H groups in total. The van der Waals surface area contributed by atoms with Crippen LogP contribution in [0.1, 0.15) is 11.5 Å². The lowest BCUT2D eigenvalue weighted by Crippen LogP contribution is -2.38. The van der Waals surface area contributed by atoms with Gasteiger partial charge in [-0.05, 0) is 17.7 Å². The van der Waals surface area contributed by atoms with Crippen LogP contribution in [0.2, 0.25) is 0 Å². The second-order valence-electron chi connectivity index (χ2n) is 4.27. The predicted octanol–water partition coefficient (Wildman–Crippen LogP) is 1.44. The van der Waals surface area contributed by atoms with Gasteiger partial charge in [0.25, 0.3) is 0 Å². The van der Waals surface area contributed by atoms with E-state index in [9.17, 15) is 0 Å². The highest BCUT2D eigenvalue weighted by molar-refractivity contribution is 6.35. The highest BCUT2D eigenvalue weighted by Crippen LogP contribution is 2.30. The molecule has 1 heterocycles. The lowest BCUT2D eigenvalue weighted by molar-refractivity contribution is 0.413. The Labute approximate surface area is 106 Å². The third-order valence-electron chi connectivity index (χ3n) is 3.13. The Hall–Kier alpha value is -2.17. The van der Waals surface area contributed by atoms with E-state index in [1.54, 1.807) is 7.11 Å². The molecule has 0 radical (unpaired) electrons. The molecule has 0 spiro atoms. The summed E-state index contributed by atoms with van der Waals surface area (Å²) in [6.45, 7) is 0.541. The van der Waals surface area contributed by atoms with E-state index in [0.717, 1.165) is 11.3 Å². The van der Waals surface area contributed by atoms with Gasteiger partial charge in [-0.15, -0.1) is 0 Å². The zero-order valence-corrected chi connectivity index (χ0v) is 10.2.